The lowest BCUT2D eigenvalue weighted by Gasteiger charge is -2.07. The van der Waals surface area contributed by atoms with Crippen molar-refractivity contribution >= 4 is 22.4 Å². The lowest BCUT2D eigenvalue weighted by molar-refractivity contribution is -0.117. The molecule has 21 heavy (non-hydrogen) atoms. The van der Waals surface area contributed by atoms with Gasteiger partial charge in [0.15, 0.2) is 5.13 Å². The lowest BCUT2D eigenvalue weighted by atomic mass is 10.0. The minimum absolute atomic E-state index is 0.0434. The highest BCUT2D eigenvalue weighted by atomic mass is 32.1. The van der Waals surface area contributed by atoms with Gasteiger partial charge in [-0.15, -0.1) is 11.3 Å². The van der Waals surface area contributed by atoms with Crippen LogP contribution in [0, 0.1) is 11.7 Å². The standard InChI is InChI=1S/C16H17FN2OS/c17-13-7-5-12(6-8-13)14-10-21-16(18-14)19-15(20)9-11-3-1-2-4-11/h5-8,10-11H,1-4,9H2,(H,18,19,20). The number of carbonyl (C=O) groups excluding carboxylic acids is 1. The third-order valence-corrected chi connectivity index (χ3v) is 4.60. The second-order valence-electron chi connectivity index (χ2n) is 5.45. The number of hydrogen-bond acceptors (Lipinski definition) is 3. The van der Waals surface area contributed by atoms with E-state index in [1.165, 1.54) is 36.3 Å². The van der Waals surface area contributed by atoms with Gasteiger partial charge in [-0.05, 0) is 43.0 Å². The number of aromatic nitrogens is 1. The average molecular weight is 304 g/mol. The van der Waals surface area contributed by atoms with Crippen molar-refractivity contribution in [3.05, 3.63) is 35.5 Å². The Labute approximate surface area is 127 Å². The molecular weight excluding hydrogens is 287 g/mol. The van der Waals surface area contributed by atoms with Gasteiger partial charge in [-0.2, -0.15) is 0 Å². The van der Waals surface area contributed by atoms with Crippen LogP contribution in [0.2, 0.25) is 0 Å². The maximum absolute atomic E-state index is 12.9. The van der Waals surface area contributed by atoms with E-state index in [-0.39, 0.29) is 11.7 Å². The monoisotopic (exact) mass is 304 g/mol. The second kappa shape index (κ2) is 6.35. The molecule has 1 amide bonds. The minimum Gasteiger partial charge on any atom is -0.302 e. The Morgan fingerprint density at radius 2 is 2.00 bits per heavy atom. The maximum atomic E-state index is 12.9. The Morgan fingerprint density at radius 1 is 1.29 bits per heavy atom. The molecule has 1 aromatic carbocycles. The molecule has 0 atom stereocenters. The normalized spacial score (nSPS) is 15.3. The number of amides is 1. The van der Waals surface area contributed by atoms with Gasteiger partial charge in [0.25, 0.3) is 0 Å². The fourth-order valence-electron chi connectivity index (χ4n) is 2.73. The summed E-state index contributed by atoms with van der Waals surface area (Å²) in [5.41, 5.74) is 1.61. The molecular formula is C16H17FN2OS. The van der Waals surface area contributed by atoms with Crippen LogP contribution < -0.4 is 5.32 Å². The first-order chi connectivity index (χ1) is 10.2. The first kappa shape index (κ1) is 14.2. The Balaban J connectivity index is 1.61. The first-order valence-electron chi connectivity index (χ1n) is 7.22. The molecule has 1 aliphatic rings. The summed E-state index contributed by atoms with van der Waals surface area (Å²) in [5.74, 6) is 0.308. The number of anilines is 1. The van der Waals surface area contributed by atoms with Gasteiger partial charge in [-0.25, -0.2) is 9.37 Å². The summed E-state index contributed by atoms with van der Waals surface area (Å²) in [6.45, 7) is 0. The van der Waals surface area contributed by atoms with Gasteiger partial charge in [0.1, 0.15) is 5.82 Å². The molecule has 110 valence electrons. The lowest BCUT2D eigenvalue weighted by Crippen LogP contribution is -2.14. The number of hydrogen-bond donors (Lipinski definition) is 1. The molecule has 1 saturated carbocycles. The molecule has 0 bridgehead atoms. The van der Waals surface area contributed by atoms with E-state index in [2.05, 4.69) is 10.3 Å². The van der Waals surface area contributed by atoms with Crippen LogP contribution in [0.25, 0.3) is 11.3 Å². The molecule has 2 aromatic rings. The van der Waals surface area contributed by atoms with E-state index in [4.69, 9.17) is 0 Å². The van der Waals surface area contributed by atoms with Gasteiger partial charge in [-0.3, -0.25) is 4.79 Å². The number of benzene rings is 1. The predicted octanol–water partition coefficient (Wildman–Crippen LogP) is 4.47. The summed E-state index contributed by atoms with van der Waals surface area (Å²) < 4.78 is 12.9. The van der Waals surface area contributed by atoms with Crippen molar-refractivity contribution in [2.45, 2.75) is 32.1 Å². The second-order valence-corrected chi connectivity index (χ2v) is 6.31. The number of nitrogens with one attached hydrogen (secondary N) is 1. The summed E-state index contributed by atoms with van der Waals surface area (Å²) in [6.07, 6.45) is 5.39. The summed E-state index contributed by atoms with van der Waals surface area (Å²) in [5, 5.41) is 5.35. The Morgan fingerprint density at radius 3 is 2.71 bits per heavy atom. The van der Waals surface area contributed by atoms with Crippen molar-refractivity contribution in [3.8, 4) is 11.3 Å². The van der Waals surface area contributed by atoms with Crippen LogP contribution >= 0.6 is 11.3 Å². The van der Waals surface area contributed by atoms with Gasteiger partial charge in [0.05, 0.1) is 5.69 Å². The highest BCUT2D eigenvalue weighted by molar-refractivity contribution is 7.14. The van der Waals surface area contributed by atoms with Crippen LogP contribution in [0.1, 0.15) is 32.1 Å². The van der Waals surface area contributed by atoms with Gasteiger partial charge in [-0.1, -0.05) is 12.8 Å². The van der Waals surface area contributed by atoms with Crippen LogP contribution in [0.5, 0.6) is 0 Å². The minimum atomic E-state index is -0.265. The molecule has 5 heteroatoms. The smallest absolute Gasteiger partial charge is 0.226 e. The molecule has 0 spiro atoms. The van der Waals surface area contributed by atoms with Crippen molar-refractivity contribution < 1.29 is 9.18 Å². The van der Waals surface area contributed by atoms with Gasteiger partial charge >= 0.3 is 0 Å². The molecule has 0 unspecified atom stereocenters. The third kappa shape index (κ3) is 3.67. The predicted molar refractivity (Wildman–Crippen MR) is 82.7 cm³/mol. The molecule has 1 fully saturated rings. The van der Waals surface area contributed by atoms with E-state index in [1.54, 1.807) is 12.1 Å². The van der Waals surface area contributed by atoms with E-state index >= 15 is 0 Å². The largest absolute Gasteiger partial charge is 0.302 e. The van der Waals surface area contributed by atoms with Crippen molar-refractivity contribution in [1.29, 1.82) is 0 Å². The number of nitrogens with zero attached hydrogens (tertiary/aromatic N) is 1. The SMILES string of the molecule is O=C(CC1CCCC1)Nc1nc(-c2ccc(F)cc2)cs1. The number of thiazole rings is 1. The fraction of sp³-hybridized carbons (Fsp3) is 0.375. The van der Waals surface area contributed by atoms with Crippen LogP contribution in [0.4, 0.5) is 9.52 Å². The van der Waals surface area contributed by atoms with Crippen LogP contribution in [0.3, 0.4) is 0 Å². The van der Waals surface area contributed by atoms with E-state index in [9.17, 15) is 9.18 Å². The molecule has 1 heterocycles. The molecule has 0 saturated heterocycles. The number of carbonyl (C=O) groups is 1. The topological polar surface area (TPSA) is 42.0 Å². The Bertz CT molecular complexity index is 617. The van der Waals surface area contributed by atoms with Crippen LogP contribution in [-0.2, 0) is 4.79 Å². The highest BCUT2D eigenvalue weighted by Crippen LogP contribution is 2.29. The molecule has 1 aromatic heterocycles. The van der Waals surface area contributed by atoms with Crippen molar-refractivity contribution in [2.24, 2.45) is 5.92 Å². The third-order valence-electron chi connectivity index (χ3n) is 3.84. The molecule has 0 aliphatic heterocycles. The van der Waals surface area contributed by atoms with E-state index in [1.807, 2.05) is 5.38 Å². The van der Waals surface area contributed by atoms with Crippen molar-refractivity contribution in [3.63, 3.8) is 0 Å². The molecule has 3 nitrogen and oxygen atoms in total. The maximum Gasteiger partial charge on any atom is 0.226 e. The fourth-order valence-corrected chi connectivity index (χ4v) is 3.47. The van der Waals surface area contributed by atoms with E-state index < -0.39 is 0 Å². The van der Waals surface area contributed by atoms with E-state index in [0.717, 1.165) is 24.1 Å². The number of rotatable bonds is 4. The zero-order valence-corrected chi connectivity index (χ0v) is 12.5. The Kier molecular flexibility index (Phi) is 4.29. The quantitative estimate of drug-likeness (QED) is 0.905. The van der Waals surface area contributed by atoms with Crippen molar-refractivity contribution in [1.82, 2.24) is 4.98 Å². The Hall–Kier alpha value is -1.75. The van der Waals surface area contributed by atoms with Crippen LogP contribution in [-0.4, -0.2) is 10.9 Å². The summed E-state index contributed by atoms with van der Waals surface area (Å²) in [7, 11) is 0. The zero-order chi connectivity index (χ0) is 14.7. The summed E-state index contributed by atoms with van der Waals surface area (Å²) in [4.78, 5) is 16.4. The molecule has 3 rings (SSSR count). The molecule has 1 N–H and O–H groups in total. The van der Waals surface area contributed by atoms with Gasteiger partial charge < -0.3 is 5.32 Å². The molecule has 0 radical (unpaired) electrons. The summed E-state index contributed by atoms with van der Waals surface area (Å²) in [6, 6.07) is 6.20. The van der Waals surface area contributed by atoms with Crippen LogP contribution in [0.15, 0.2) is 29.6 Å². The average Bonchev–Trinajstić information content (AvgIpc) is 3.11. The van der Waals surface area contributed by atoms with E-state index in [0.29, 0.717) is 17.5 Å². The highest BCUT2D eigenvalue weighted by Gasteiger charge is 2.19. The number of halogens is 1. The molecule has 1 aliphatic carbocycles. The van der Waals surface area contributed by atoms with Crippen molar-refractivity contribution in [2.75, 3.05) is 5.32 Å². The van der Waals surface area contributed by atoms with Gasteiger partial charge in [0, 0.05) is 17.4 Å². The zero-order valence-electron chi connectivity index (χ0n) is 11.6. The summed E-state index contributed by atoms with van der Waals surface area (Å²) >= 11 is 1.40. The first-order valence-corrected chi connectivity index (χ1v) is 8.10. The van der Waals surface area contributed by atoms with Gasteiger partial charge in [0.2, 0.25) is 5.91 Å².